The Morgan fingerprint density at radius 1 is 1.14 bits per heavy atom. The van der Waals surface area contributed by atoms with Crippen LogP contribution in [0.25, 0.3) is 0 Å². The van der Waals surface area contributed by atoms with Gasteiger partial charge in [0.15, 0.2) is 0 Å². The average Bonchev–Trinajstić information content (AvgIpc) is 2.66. The molecule has 0 aliphatic carbocycles. The second kappa shape index (κ2) is 8.40. The number of anilines is 1. The highest BCUT2D eigenvalue weighted by Crippen LogP contribution is 2.23. The van der Waals surface area contributed by atoms with Crippen LogP contribution in [0, 0.1) is 17.0 Å². The first-order valence-corrected chi connectivity index (χ1v) is 9.36. The van der Waals surface area contributed by atoms with Gasteiger partial charge in [-0.1, -0.05) is 12.1 Å². The summed E-state index contributed by atoms with van der Waals surface area (Å²) in [5, 5.41) is 13.7. The van der Waals surface area contributed by atoms with Gasteiger partial charge in [0.25, 0.3) is 17.5 Å². The van der Waals surface area contributed by atoms with Crippen LogP contribution in [0.15, 0.2) is 42.5 Å². The molecule has 0 saturated carbocycles. The molecule has 0 radical (unpaired) electrons. The van der Waals surface area contributed by atoms with E-state index in [9.17, 15) is 19.7 Å². The van der Waals surface area contributed by atoms with Gasteiger partial charge in [-0.05, 0) is 45.0 Å². The Balaban J connectivity index is 1.82. The molecule has 0 spiro atoms. The highest BCUT2D eigenvalue weighted by Gasteiger charge is 2.28. The van der Waals surface area contributed by atoms with Gasteiger partial charge in [-0.15, -0.1) is 0 Å². The van der Waals surface area contributed by atoms with Crippen molar-refractivity contribution >= 4 is 23.2 Å². The molecule has 1 N–H and O–H groups in total. The van der Waals surface area contributed by atoms with Crippen molar-refractivity contribution in [2.75, 3.05) is 18.4 Å². The topological polar surface area (TPSA) is 102 Å². The number of rotatable bonds is 4. The van der Waals surface area contributed by atoms with Gasteiger partial charge < -0.3 is 15.0 Å². The third-order valence-electron chi connectivity index (χ3n) is 4.77. The van der Waals surface area contributed by atoms with Crippen molar-refractivity contribution in [3.8, 4) is 0 Å². The predicted octanol–water partition coefficient (Wildman–Crippen LogP) is 3.40. The van der Waals surface area contributed by atoms with E-state index in [2.05, 4.69) is 5.32 Å². The van der Waals surface area contributed by atoms with E-state index in [4.69, 9.17) is 4.74 Å². The number of amides is 2. The third-order valence-corrected chi connectivity index (χ3v) is 4.77. The molecule has 2 atom stereocenters. The lowest BCUT2D eigenvalue weighted by Gasteiger charge is -2.35. The first-order chi connectivity index (χ1) is 13.8. The summed E-state index contributed by atoms with van der Waals surface area (Å²) >= 11 is 0. The number of carbonyl (C=O) groups is 2. The fourth-order valence-corrected chi connectivity index (χ4v) is 3.49. The van der Waals surface area contributed by atoms with Crippen LogP contribution in [-0.4, -0.2) is 46.9 Å². The van der Waals surface area contributed by atoms with Crippen LogP contribution in [0.5, 0.6) is 0 Å². The number of nitrogens with one attached hydrogen (secondary N) is 1. The summed E-state index contributed by atoms with van der Waals surface area (Å²) in [4.78, 5) is 37.9. The predicted molar refractivity (Wildman–Crippen MR) is 108 cm³/mol. The molecular weight excluding hydrogens is 374 g/mol. The van der Waals surface area contributed by atoms with Crippen molar-refractivity contribution in [2.45, 2.75) is 33.0 Å². The van der Waals surface area contributed by atoms with Gasteiger partial charge >= 0.3 is 0 Å². The molecule has 1 aliphatic heterocycles. The average molecular weight is 397 g/mol. The minimum absolute atomic E-state index is 0.0484. The van der Waals surface area contributed by atoms with Gasteiger partial charge in [-0.2, -0.15) is 0 Å². The number of hydrogen-bond donors (Lipinski definition) is 1. The molecule has 152 valence electrons. The summed E-state index contributed by atoms with van der Waals surface area (Å²) in [6.45, 7) is 6.37. The third kappa shape index (κ3) is 4.60. The number of ether oxygens (including phenoxy) is 1. The molecule has 0 bridgehead atoms. The lowest BCUT2D eigenvalue weighted by molar-refractivity contribution is -0.385. The van der Waals surface area contributed by atoms with Crippen LogP contribution >= 0.6 is 0 Å². The summed E-state index contributed by atoms with van der Waals surface area (Å²) in [6, 6.07) is 11.0. The van der Waals surface area contributed by atoms with Gasteiger partial charge in [-0.25, -0.2) is 0 Å². The zero-order valence-electron chi connectivity index (χ0n) is 16.5. The first-order valence-electron chi connectivity index (χ1n) is 9.36. The Hall–Kier alpha value is -3.26. The smallest absolute Gasteiger partial charge is 0.272 e. The number of para-hydroxylation sites is 1. The Morgan fingerprint density at radius 2 is 1.79 bits per heavy atom. The van der Waals surface area contributed by atoms with Gasteiger partial charge in [0.2, 0.25) is 0 Å². The van der Waals surface area contributed by atoms with Crippen LogP contribution in [0.3, 0.4) is 0 Å². The number of morpholine rings is 1. The van der Waals surface area contributed by atoms with E-state index in [0.29, 0.717) is 29.9 Å². The van der Waals surface area contributed by atoms with E-state index in [0.717, 1.165) is 0 Å². The molecule has 1 aliphatic rings. The highest BCUT2D eigenvalue weighted by atomic mass is 16.6. The Labute approximate surface area is 168 Å². The molecule has 29 heavy (non-hydrogen) atoms. The number of benzene rings is 2. The second-order valence-electron chi connectivity index (χ2n) is 7.23. The highest BCUT2D eigenvalue weighted by molar-refractivity contribution is 6.09. The number of aryl methyl sites for hydroxylation is 1. The van der Waals surface area contributed by atoms with E-state index in [1.165, 1.54) is 18.2 Å². The summed E-state index contributed by atoms with van der Waals surface area (Å²) in [5.74, 6) is -0.616. The van der Waals surface area contributed by atoms with Gasteiger partial charge in [0.1, 0.15) is 0 Å². The molecule has 8 nitrogen and oxygen atoms in total. The normalized spacial score (nSPS) is 18.9. The largest absolute Gasteiger partial charge is 0.372 e. The van der Waals surface area contributed by atoms with E-state index in [1.54, 1.807) is 36.1 Å². The fraction of sp³-hybridized carbons (Fsp3) is 0.333. The van der Waals surface area contributed by atoms with Gasteiger partial charge in [-0.3, -0.25) is 19.7 Å². The molecule has 2 aromatic rings. The molecule has 0 aromatic heterocycles. The number of nitrogens with zero attached hydrogens (tertiary/aromatic N) is 2. The van der Waals surface area contributed by atoms with Crippen molar-refractivity contribution < 1.29 is 19.2 Å². The van der Waals surface area contributed by atoms with E-state index >= 15 is 0 Å². The van der Waals surface area contributed by atoms with Crippen LogP contribution in [-0.2, 0) is 4.74 Å². The zero-order valence-corrected chi connectivity index (χ0v) is 16.5. The van der Waals surface area contributed by atoms with Crippen LogP contribution < -0.4 is 5.32 Å². The quantitative estimate of drug-likeness (QED) is 0.629. The Bertz CT molecular complexity index is 949. The molecule has 8 heteroatoms. The van der Waals surface area contributed by atoms with E-state index < -0.39 is 10.8 Å². The maximum Gasteiger partial charge on any atom is 0.272 e. The summed E-state index contributed by atoms with van der Waals surface area (Å²) in [6.07, 6.45) is -0.125. The van der Waals surface area contributed by atoms with Crippen molar-refractivity contribution in [1.29, 1.82) is 0 Å². The molecule has 0 unspecified atom stereocenters. The monoisotopic (exact) mass is 397 g/mol. The molecular formula is C21H23N3O5. The van der Waals surface area contributed by atoms with Crippen molar-refractivity contribution in [3.05, 3.63) is 69.3 Å². The summed E-state index contributed by atoms with van der Waals surface area (Å²) in [5.41, 5.74) is 1.41. The Morgan fingerprint density at radius 3 is 2.41 bits per heavy atom. The summed E-state index contributed by atoms with van der Waals surface area (Å²) in [7, 11) is 0. The second-order valence-corrected chi connectivity index (χ2v) is 7.23. The molecule has 1 heterocycles. The van der Waals surface area contributed by atoms with Crippen LogP contribution in [0.4, 0.5) is 11.4 Å². The zero-order chi connectivity index (χ0) is 21.1. The standard InChI is InChI=1S/C21H23N3O5/c1-13-10-16(8-9-19(13)24(27)28)20(25)22-18-7-5-4-6-17(18)21(26)23-11-14(2)29-15(3)12-23/h4-10,14-15H,11-12H2,1-3H3,(H,22,25)/t14-,15-/m0/s1. The Kier molecular flexibility index (Phi) is 5.93. The minimum atomic E-state index is -0.491. The lowest BCUT2D eigenvalue weighted by atomic mass is 10.1. The molecule has 2 aromatic carbocycles. The first kappa shape index (κ1) is 20.5. The van der Waals surface area contributed by atoms with Gasteiger partial charge in [0.05, 0.1) is 28.4 Å². The molecule has 1 saturated heterocycles. The van der Waals surface area contributed by atoms with Crippen molar-refractivity contribution in [1.82, 2.24) is 4.90 Å². The number of hydrogen-bond acceptors (Lipinski definition) is 5. The van der Waals surface area contributed by atoms with Crippen molar-refractivity contribution in [3.63, 3.8) is 0 Å². The number of carbonyl (C=O) groups excluding carboxylic acids is 2. The number of nitro benzene ring substituents is 1. The number of nitro groups is 1. The SMILES string of the molecule is Cc1cc(C(=O)Nc2ccccc2C(=O)N2C[C@H](C)O[C@@H](C)C2)ccc1[N+](=O)[O-]. The lowest BCUT2D eigenvalue weighted by Crippen LogP contribution is -2.48. The van der Waals surface area contributed by atoms with Crippen LogP contribution in [0.2, 0.25) is 0 Å². The molecule has 2 amide bonds. The maximum atomic E-state index is 13.0. The van der Waals surface area contributed by atoms with Crippen LogP contribution in [0.1, 0.15) is 40.1 Å². The summed E-state index contributed by atoms with van der Waals surface area (Å²) < 4.78 is 5.68. The minimum Gasteiger partial charge on any atom is -0.372 e. The van der Waals surface area contributed by atoms with Crippen molar-refractivity contribution in [2.24, 2.45) is 0 Å². The van der Waals surface area contributed by atoms with E-state index in [-0.39, 0.29) is 29.4 Å². The fourth-order valence-electron chi connectivity index (χ4n) is 3.49. The van der Waals surface area contributed by atoms with Gasteiger partial charge in [0, 0.05) is 30.3 Å². The maximum absolute atomic E-state index is 13.0. The van der Waals surface area contributed by atoms with E-state index in [1.807, 2.05) is 13.8 Å². The molecule has 3 rings (SSSR count). The molecule has 1 fully saturated rings.